The second-order valence-corrected chi connectivity index (χ2v) is 13.1. The second-order valence-electron chi connectivity index (χ2n) is 13.1. The van der Waals surface area contributed by atoms with E-state index in [4.69, 9.17) is 9.47 Å². The first-order chi connectivity index (χ1) is 20.4. The summed E-state index contributed by atoms with van der Waals surface area (Å²) in [6, 6.07) is 6.88. The topological polar surface area (TPSA) is 18.5 Å². The number of halogens is 4. The molecule has 0 radical (unpaired) electrons. The lowest BCUT2D eigenvalue weighted by Gasteiger charge is -2.38. The van der Waals surface area contributed by atoms with E-state index in [1.807, 2.05) is 13.0 Å². The van der Waals surface area contributed by atoms with Gasteiger partial charge in [-0.25, -0.2) is 13.2 Å². The fraction of sp³-hybridized carbons (Fsp3) is 0.667. The molecule has 0 saturated heterocycles. The third-order valence-electron chi connectivity index (χ3n) is 10.5. The quantitative estimate of drug-likeness (QED) is 0.257. The van der Waals surface area contributed by atoms with Crippen LogP contribution in [-0.2, 0) is 11.2 Å². The highest BCUT2D eigenvalue weighted by Gasteiger charge is 2.33. The Morgan fingerprint density at radius 2 is 1.17 bits per heavy atom. The van der Waals surface area contributed by atoms with E-state index in [9.17, 15) is 17.6 Å². The van der Waals surface area contributed by atoms with E-state index in [0.717, 1.165) is 77.2 Å². The van der Waals surface area contributed by atoms with Crippen LogP contribution < -0.4 is 4.74 Å². The van der Waals surface area contributed by atoms with E-state index in [2.05, 4.69) is 0 Å². The van der Waals surface area contributed by atoms with Crippen LogP contribution in [0.2, 0.25) is 0 Å². The van der Waals surface area contributed by atoms with Gasteiger partial charge >= 0.3 is 0 Å². The van der Waals surface area contributed by atoms with E-state index in [-0.39, 0.29) is 17.6 Å². The SMILES string of the molecule is CCCc1ccc(C2CCC(COC3CCC(C4CCC(c5ccc(OCC)c(F)c5F)CC4)CC3)CC2)c(F)c1F. The summed E-state index contributed by atoms with van der Waals surface area (Å²) in [6.07, 6.45) is 14.0. The van der Waals surface area contributed by atoms with Crippen LogP contribution in [0.15, 0.2) is 24.3 Å². The third kappa shape index (κ3) is 7.17. The maximum atomic E-state index is 14.8. The van der Waals surface area contributed by atoms with Crippen LogP contribution in [0.5, 0.6) is 5.75 Å². The Morgan fingerprint density at radius 1 is 0.619 bits per heavy atom. The Morgan fingerprint density at radius 3 is 1.76 bits per heavy atom. The van der Waals surface area contributed by atoms with E-state index in [1.54, 1.807) is 25.1 Å². The summed E-state index contributed by atoms with van der Waals surface area (Å²) in [5.74, 6) is -0.852. The van der Waals surface area contributed by atoms with Crippen LogP contribution in [0.25, 0.3) is 0 Å². The molecule has 5 rings (SSSR count). The number of rotatable bonds is 10. The molecule has 0 amide bonds. The lowest BCUT2D eigenvalue weighted by Crippen LogP contribution is -2.30. The molecule has 232 valence electrons. The first kappa shape index (κ1) is 31.3. The Labute approximate surface area is 249 Å². The molecule has 2 aromatic rings. The van der Waals surface area contributed by atoms with Gasteiger partial charge in [-0.1, -0.05) is 31.5 Å². The molecule has 0 unspecified atom stereocenters. The maximum Gasteiger partial charge on any atom is 0.200 e. The van der Waals surface area contributed by atoms with Gasteiger partial charge in [0.25, 0.3) is 0 Å². The number of hydrogen-bond acceptors (Lipinski definition) is 2. The minimum Gasteiger partial charge on any atom is -0.491 e. The zero-order valence-electron chi connectivity index (χ0n) is 25.4. The van der Waals surface area contributed by atoms with Crippen molar-refractivity contribution in [3.8, 4) is 5.75 Å². The molecule has 0 aliphatic heterocycles. The normalized spacial score (nSPS) is 28.5. The highest BCUT2D eigenvalue weighted by atomic mass is 19.2. The van der Waals surface area contributed by atoms with Crippen molar-refractivity contribution in [1.29, 1.82) is 0 Å². The van der Waals surface area contributed by atoms with Gasteiger partial charge in [0, 0.05) is 6.61 Å². The number of benzene rings is 2. The molecule has 0 bridgehead atoms. The van der Waals surface area contributed by atoms with E-state index >= 15 is 0 Å². The van der Waals surface area contributed by atoms with Gasteiger partial charge < -0.3 is 9.47 Å². The van der Waals surface area contributed by atoms with Crippen molar-refractivity contribution in [2.24, 2.45) is 17.8 Å². The van der Waals surface area contributed by atoms with E-state index in [0.29, 0.717) is 53.6 Å². The average molecular weight is 589 g/mol. The highest BCUT2D eigenvalue weighted by molar-refractivity contribution is 5.33. The molecule has 0 heterocycles. The monoisotopic (exact) mass is 588 g/mol. The van der Waals surface area contributed by atoms with Gasteiger partial charge in [0.15, 0.2) is 23.2 Å². The molecule has 0 aromatic heterocycles. The average Bonchev–Trinajstić information content (AvgIpc) is 3.02. The largest absolute Gasteiger partial charge is 0.491 e. The van der Waals surface area contributed by atoms with E-state index < -0.39 is 23.3 Å². The van der Waals surface area contributed by atoms with Crippen molar-refractivity contribution in [3.63, 3.8) is 0 Å². The minimum absolute atomic E-state index is 0.000764. The molecule has 42 heavy (non-hydrogen) atoms. The van der Waals surface area contributed by atoms with Crippen molar-refractivity contribution < 1.29 is 27.0 Å². The predicted octanol–water partition coefficient (Wildman–Crippen LogP) is 10.4. The smallest absolute Gasteiger partial charge is 0.200 e. The standard InChI is InChI=1S/C36H48F4O2/c1-3-5-28-16-19-30(34(38)33(28)37)26-8-6-23(7-9-26)22-42-29-17-14-25(15-18-29)24-10-12-27(13-11-24)31-20-21-32(41-4-2)36(40)35(31)39/h16,19-21,23-27,29H,3-15,17-18,22H2,1-2H3. The van der Waals surface area contributed by atoms with Crippen molar-refractivity contribution >= 4 is 0 Å². The Bertz CT molecular complexity index is 1160. The summed E-state index contributed by atoms with van der Waals surface area (Å²) in [5.41, 5.74) is 1.54. The predicted molar refractivity (Wildman–Crippen MR) is 159 cm³/mol. The first-order valence-corrected chi connectivity index (χ1v) is 16.6. The molecule has 0 N–H and O–H groups in total. The molecule has 0 atom stereocenters. The van der Waals surface area contributed by atoms with Gasteiger partial charge in [-0.15, -0.1) is 0 Å². The molecule has 2 nitrogen and oxygen atoms in total. The van der Waals surface area contributed by atoms with Gasteiger partial charge in [0.1, 0.15) is 0 Å². The molecular formula is C36H48F4O2. The number of ether oxygens (including phenoxy) is 2. The lowest BCUT2D eigenvalue weighted by atomic mass is 9.69. The van der Waals surface area contributed by atoms with Gasteiger partial charge in [-0.05, 0) is 143 Å². The summed E-state index contributed by atoms with van der Waals surface area (Å²) in [4.78, 5) is 0. The zero-order chi connectivity index (χ0) is 29.6. The van der Waals surface area contributed by atoms with Crippen LogP contribution in [0.1, 0.15) is 126 Å². The summed E-state index contributed by atoms with van der Waals surface area (Å²) < 4.78 is 70.0. The highest BCUT2D eigenvalue weighted by Crippen LogP contribution is 2.45. The lowest BCUT2D eigenvalue weighted by molar-refractivity contribution is -0.0149. The molecule has 3 aliphatic rings. The van der Waals surface area contributed by atoms with Crippen LogP contribution in [0.3, 0.4) is 0 Å². The van der Waals surface area contributed by atoms with Gasteiger partial charge in [0.05, 0.1) is 12.7 Å². The summed E-state index contributed by atoms with van der Waals surface area (Å²) in [7, 11) is 0. The molecule has 0 spiro atoms. The first-order valence-electron chi connectivity index (χ1n) is 16.6. The molecular weight excluding hydrogens is 540 g/mol. The van der Waals surface area contributed by atoms with Crippen LogP contribution in [-0.4, -0.2) is 19.3 Å². The molecule has 6 heteroatoms. The molecule has 3 fully saturated rings. The fourth-order valence-corrected chi connectivity index (χ4v) is 8.05. The molecule has 3 aliphatic carbocycles. The van der Waals surface area contributed by atoms with Crippen molar-refractivity contribution in [3.05, 3.63) is 64.2 Å². The van der Waals surface area contributed by atoms with Gasteiger partial charge in [0.2, 0.25) is 5.82 Å². The minimum atomic E-state index is -0.857. The van der Waals surface area contributed by atoms with Crippen molar-refractivity contribution in [2.45, 2.75) is 122 Å². The molecule has 3 saturated carbocycles. The fourth-order valence-electron chi connectivity index (χ4n) is 8.05. The second kappa shape index (κ2) is 14.6. The Kier molecular flexibility index (Phi) is 10.9. The van der Waals surface area contributed by atoms with E-state index in [1.165, 1.54) is 12.8 Å². The van der Waals surface area contributed by atoms with Crippen LogP contribution in [0, 0.1) is 41.0 Å². The van der Waals surface area contributed by atoms with Gasteiger partial charge in [-0.3, -0.25) is 0 Å². The molecule has 2 aromatic carbocycles. The third-order valence-corrected chi connectivity index (χ3v) is 10.5. The summed E-state index contributed by atoms with van der Waals surface area (Å²) in [5, 5.41) is 0. The maximum absolute atomic E-state index is 14.8. The van der Waals surface area contributed by atoms with Crippen LogP contribution in [0.4, 0.5) is 17.6 Å². The summed E-state index contributed by atoms with van der Waals surface area (Å²) >= 11 is 0. The zero-order valence-corrected chi connectivity index (χ0v) is 25.4. The summed E-state index contributed by atoms with van der Waals surface area (Å²) in [6.45, 7) is 4.83. The Hall–Kier alpha value is -2.08. The van der Waals surface area contributed by atoms with Crippen molar-refractivity contribution in [1.82, 2.24) is 0 Å². The van der Waals surface area contributed by atoms with Gasteiger partial charge in [-0.2, -0.15) is 4.39 Å². The number of aryl methyl sites for hydroxylation is 1. The Balaban J connectivity index is 1.01. The van der Waals surface area contributed by atoms with Crippen molar-refractivity contribution in [2.75, 3.05) is 13.2 Å². The number of hydrogen-bond donors (Lipinski definition) is 0. The van der Waals surface area contributed by atoms with Crippen LogP contribution >= 0.6 is 0 Å².